The fraction of sp³-hybridized carbons (Fsp3) is 0.688. The summed E-state index contributed by atoms with van der Waals surface area (Å²) in [4.78, 5) is 36.9. The summed E-state index contributed by atoms with van der Waals surface area (Å²) in [6.07, 6.45) is -0.551. The van der Waals surface area contributed by atoms with Gasteiger partial charge in [-0.3, -0.25) is 10.1 Å². The number of carbonyl (C=O) groups excluding carboxylic acids is 3. The predicted octanol–water partition coefficient (Wildman–Crippen LogP) is 0.226. The second-order valence-electron chi connectivity index (χ2n) is 6.78. The van der Waals surface area contributed by atoms with Gasteiger partial charge in [0.1, 0.15) is 24.1 Å². The summed E-state index contributed by atoms with van der Waals surface area (Å²) in [6, 6.07) is -0.410. The van der Waals surface area contributed by atoms with Gasteiger partial charge in [-0.1, -0.05) is 6.58 Å². The SMILES string of the molecule is C=C(NC(=O)OC(C)(C)C)C(=O)OCCC(=O)N1CCCC1C(N)O. The van der Waals surface area contributed by atoms with Gasteiger partial charge in [0, 0.05) is 6.54 Å². The molecule has 0 aromatic rings. The van der Waals surface area contributed by atoms with Crippen molar-refractivity contribution in [3.8, 4) is 0 Å². The van der Waals surface area contributed by atoms with Crippen molar-refractivity contribution in [3.63, 3.8) is 0 Å². The maximum Gasteiger partial charge on any atom is 0.412 e. The normalized spacial score (nSPS) is 18.4. The molecule has 0 spiro atoms. The number of likely N-dealkylation sites (tertiary alicyclic amines) is 1. The van der Waals surface area contributed by atoms with Crippen molar-refractivity contribution in [2.75, 3.05) is 13.2 Å². The number of carbonyl (C=O) groups is 3. The number of ether oxygens (including phenoxy) is 2. The maximum atomic E-state index is 12.1. The first-order valence-corrected chi connectivity index (χ1v) is 8.10. The third-order valence-electron chi connectivity index (χ3n) is 3.46. The number of hydrogen-bond acceptors (Lipinski definition) is 7. The van der Waals surface area contributed by atoms with Gasteiger partial charge >= 0.3 is 12.1 Å². The Hall–Kier alpha value is -2.13. The van der Waals surface area contributed by atoms with Crippen LogP contribution in [-0.4, -0.2) is 59.0 Å². The van der Waals surface area contributed by atoms with E-state index in [1.54, 1.807) is 20.8 Å². The van der Waals surface area contributed by atoms with Gasteiger partial charge in [-0.25, -0.2) is 9.59 Å². The zero-order valence-electron chi connectivity index (χ0n) is 14.9. The van der Waals surface area contributed by atoms with Gasteiger partial charge in [0.25, 0.3) is 0 Å². The van der Waals surface area contributed by atoms with Crippen LogP contribution in [0.5, 0.6) is 0 Å². The van der Waals surface area contributed by atoms with Crippen molar-refractivity contribution < 1.29 is 29.0 Å². The fourth-order valence-corrected chi connectivity index (χ4v) is 2.40. The van der Waals surface area contributed by atoms with Crippen LogP contribution in [-0.2, 0) is 19.1 Å². The van der Waals surface area contributed by atoms with Crippen LogP contribution in [0.25, 0.3) is 0 Å². The Morgan fingerprint density at radius 2 is 2.04 bits per heavy atom. The minimum atomic E-state index is -1.09. The molecule has 9 nitrogen and oxygen atoms in total. The molecule has 0 bridgehead atoms. The molecule has 0 saturated carbocycles. The molecule has 0 aliphatic carbocycles. The van der Waals surface area contributed by atoms with Crippen LogP contribution >= 0.6 is 0 Å². The quantitative estimate of drug-likeness (QED) is 0.352. The molecule has 1 heterocycles. The first-order valence-electron chi connectivity index (χ1n) is 8.10. The van der Waals surface area contributed by atoms with E-state index in [4.69, 9.17) is 15.2 Å². The van der Waals surface area contributed by atoms with Crippen molar-refractivity contribution in [1.82, 2.24) is 10.2 Å². The van der Waals surface area contributed by atoms with Crippen LogP contribution in [0.15, 0.2) is 12.3 Å². The number of esters is 1. The molecule has 0 aromatic carbocycles. The third kappa shape index (κ3) is 7.10. The number of amides is 2. The largest absolute Gasteiger partial charge is 0.460 e. The minimum absolute atomic E-state index is 0.0469. The molecule has 1 fully saturated rings. The smallest absolute Gasteiger partial charge is 0.412 e. The van der Waals surface area contributed by atoms with E-state index in [1.807, 2.05) is 0 Å². The molecule has 1 aliphatic heterocycles. The molecule has 25 heavy (non-hydrogen) atoms. The van der Waals surface area contributed by atoms with Gasteiger partial charge in [0.15, 0.2) is 0 Å². The molecular weight excluding hydrogens is 330 g/mol. The Kier molecular flexibility index (Phi) is 7.38. The molecule has 2 amide bonds. The van der Waals surface area contributed by atoms with E-state index < -0.39 is 29.9 Å². The van der Waals surface area contributed by atoms with Crippen LogP contribution in [0.2, 0.25) is 0 Å². The summed E-state index contributed by atoms with van der Waals surface area (Å²) in [5, 5.41) is 11.6. The van der Waals surface area contributed by atoms with Crippen molar-refractivity contribution in [1.29, 1.82) is 0 Å². The monoisotopic (exact) mass is 357 g/mol. The molecule has 2 atom stereocenters. The lowest BCUT2D eigenvalue weighted by Crippen LogP contribution is -2.46. The molecular formula is C16H27N3O6. The average molecular weight is 357 g/mol. The van der Waals surface area contributed by atoms with Crippen molar-refractivity contribution in [2.24, 2.45) is 5.73 Å². The summed E-state index contributed by atoms with van der Waals surface area (Å²) in [5.41, 5.74) is 4.46. The summed E-state index contributed by atoms with van der Waals surface area (Å²) in [5.74, 6) is -1.11. The van der Waals surface area contributed by atoms with Gasteiger partial charge in [-0.05, 0) is 33.6 Å². The predicted molar refractivity (Wildman–Crippen MR) is 89.0 cm³/mol. The number of hydrogen-bond donors (Lipinski definition) is 3. The summed E-state index contributed by atoms with van der Waals surface area (Å²) < 4.78 is 9.90. The molecule has 1 saturated heterocycles. The Bertz CT molecular complexity index is 526. The number of aliphatic hydroxyl groups is 1. The number of rotatable bonds is 6. The van der Waals surface area contributed by atoms with Crippen LogP contribution in [0, 0.1) is 0 Å². The van der Waals surface area contributed by atoms with Crippen LogP contribution in [0.3, 0.4) is 0 Å². The van der Waals surface area contributed by atoms with Crippen LogP contribution in [0.1, 0.15) is 40.0 Å². The minimum Gasteiger partial charge on any atom is -0.460 e. The number of nitrogens with one attached hydrogen (secondary N) is 1. The standard InChI is InChI=1S/C16H27N3O6/c1-10(18-15(23)25-16(2,3)4)14(22)24-9-7-12(20)19-8-5-6-11(19)13(17)21/h11,13,21H,1,5-9,17H2,2-4H3,(H,18,23). The van der Waals surface area contributed by atoms with E-state index in [0.717, 1.165) is 6.42 Å². The molecule has 1 aliphatic rings. The summed E-state index contributed by atoms with van der Waals surface area (Å²) >= 11 is 0. The van der Waals surface area contributed by atoms with Crippen LogP contribution < -0.4 is 11.1 Å². The molecule has 2 unspecified atom stereocenters. The zero-order chi connectivity index (χ0) is 19.2. The summed E-state index contributed by atoms with van der Waals surface area (Å²) in [7, 11) is 0. The van der Waals surface area contributed by atoms with Crippen LogP contribution in [0.4, 0.5) is 4.79 Å². The Morgan fingerprint density at radius 1 is 1.40 bits per heavy atom. The first kappa shape index (κ1) is 20.9. The van der Waals surface area contributed by atoms with Gasteiger partial charge in [-0.2, -0.15) is 0 Å². The highest BCUT2D eigenvalue weighted by molar-refractivity contribution is 5.91. The molecule has 4 N–H and O–H groups in total. The second kappa shape index (κ2) is 8.82. The van der Waals surface area contributed by atoms with E-state index in [0.29, 0.717) is 13.0 Å². The Labute approximate surface area is 147 Å². The van der Waals surface area contributed by atoms with Crippen molar-refractivity contribution in [3.05, 3.63) is 12.3 Å². The second-order valence-corrected chi connectivity index (χ2v) is 6.78. The van der Waals surface area contributed by atoms with E-state index >= 15 is 0 Å². The highest BCUT2D eigenvalue weighted by Crippen LogP contribution is 2.19. The number of nitrogens with two attached hydrogens (primary N) is 1. The lowest BCUT2D eigenvalue weighted by atomic mass is 10.2. The Morgan fingerprint density at radius 3 is 2.60 bits per heavy atom. The van der Waals surface area contributed by atoms with E-state index in [1.165, 1.54) is 4.90 Å². The summed E-state index contributed by atoms with van der Waals surface area (Å²) in [6.45, 7) is 8.80. The highest BCUT2D eigenvalue weighted by atomic mass is 16.6. The van der Waals surface area contributed by atoms with E-state index in [9.17, 15) is 19.5 Å². The van der Waals surface area contributed by atoms with Gasteiger partial charge in [0.05, 0.1) is 12.5 Å². The molecule has 1 rings (SSSR count). The number of nitrogens with zero attached hydrogens (tertiary/aromatic N) is 1. The zero-order valence-corrected chi connectivity index (χ0v) is 14.9. The van der Waals surface area contributed by atoms with Crippen molar-refractivity contribution >= 4 is 18.0 Å². The molecule has 142 valence electrons. The van der Waals surface area contributed by atoms with E-state index in [-0.39, 0.29) is 24.6 Å². The first-order chi connectivity index (χ1) is 11.5. The fourth-order valence-electron chi connectivity index (χ4n) is 2.40. The number of alkyl carbamates (subject to hydrolysis) is 1. The Balaban J connectivity index is 2.35. The topological polar surface area (TPSA) is 131 Å². The molecule has 0 aromatic heterocycles. The van der Waals surface area contributed by atoms with E-state index in [2.05, 4.69) is 11.9 Å². The van der Waals surface area contributed by atoms with Gasteiger partial charge in [-0.15, -0.1) is 0 Å². The van der Waals surface area contributed by atoms with Crippen molar-refractivity contribution in [2.45, 2.75) is 57.9 Å². The highest BCUT2D eigenvalue weighted by Gasteiger charge is 2.32. The molecule has 0 radical (unpaired) electrons. The third-order valence-corrected chi connectivity index (χ3v) is 3.46. The maximum absolute atomic E-state index is 12.1. The average Bonchev–Trinajstić information content (AvgIpc) is 2.94. The number of aliphatic hydroxyl groups excluding tert-OH is 1. The lowest BCUT2D eigenvalue weighted by molar-refractivity contribution is -0.142. The molecule has 9 heteroatoms. The van der Waals surface area contributed by atoms with Gasteiger partial charge in [0.2, 0.25) is 5.91 Å². The lowest BCUT2D eigenvalue weighted by Gasteiger charge is -2.26. The van der Waals surface area contributed by atoms with Gasteiger partial charge < -0.3 is 25.2 Å².